The minimum atomic E-state index is -0.328. The van der Waals surface area contributed by atoms with Gasteiger partial charge in [-0.1, -0.05) is 37.5 Å². The molecule has 2 N–H and O–H groups in total. The zero-order valence-electron chi connectivity index (χ0n) is 15.7. The molecule has 1 aliphatic carbocycles. The molecular formula is C22H25FN2O3. The van der Waals surface area contributed by atoms with Crippen LogP contribution in [0.5, 0.6) is 5.75 Å². The largest absolute Gasteiger partial charge is 0.489 e. The first-order valence-electron chi connectivity index (χ1n) is 9.65. The van der Waals surface area contributed by atoms with Gasteiger partial charge in [-0.15, -0.1) is 0 Å². The normalized spacial score (nSPS) is 14.3. The second kappa shape index (κ2) is 9.88. The Kier molecular flexibility index (Phi) is 7.00. The van der Waals surface area contributed by atoms with Crippen LogP contribution in [-0.4, -0.2) is 24.4 Å². The lowest BCUT2D eigenvalue weighted by molar-refractivity contribution is -0.121. The van der Waals surface area contributed by atoms with Gasteiger partial charge in [0.25, 0.3) is 5.91 Å². The number of hydrogen-bond acceptors (Lipinski definition) is 3. The Morgan fingerprint density at radius 1 is 1.04 bits per heavy atom. The molecule has 28 heavy (non-hydrogen) atoms. The standard InChI is InChI=1S/C22H25FN2O3/c23-18-11-9-16(10-12-18)15-28-20-8-4-5-17(13-20)22(27)24-14-21(26)25-19-6-2-1-3-7-19/h4-5,8-13,19H,1-3,6-7,14-15H2,(H,24,27)(H,25,26). The zero-order valence-corrected chi connectivity index (χ0v) is 15.7. The van der Waals surface area contributed by atoms with Gasteiger partial charge in [-0.25, -0.2) is 4.39 Å². The van der Waals surface area contributed by atoms with Crippen LogP contribution in [0.3, 0.4) is 0 Å². The first-order chi connectivity index (χ1) is 13.6. The van der Waals surface area contributed by atoms with Gasteiger partial charge >= 0.3 is 0 Å². The lowest BCUT2D eigenvalue weighted by Gasteiger charge is -2.22. The second-order valence-electron chi connectivity index (χ2n) is 7.03. The summed E-state index contributed by atoms with van der Waals surface area (Å²) in [4.78, 5) is 24.3. The average Bonchev–Trinajstić information content (AvgIpc) is 2.72. The van der Waals surface area contributed by atoms with Gasteiger partial charge in [0.15, 0.2) is 0 Å². The van der Waals surface area contributed by atoms with E-state index in [2.05, 4.69) is 10.6 Å². The molecule has 2 amide bonds. The maximum atomic E-state index is 12.9. The highest BCUT2D eigenvalue weighted by molar-refractivity contribution is 5.96. The van der Waals surface area contributed by atoms with Crippen molar-refractivity contribution in [1.82, 2.24) is 10.6 Å². The van der Waals surface area contributed by atoms with E-state index in [1.54, 1.807) is 36.4 Å². The van der Waals surface area contributed by atoms with E-state index in [1.807, 2.05) is 0 Å². The van der Waals surface area contributed by atoms with Gasteiger partial charge in [0.1, 0.15) is 18.2 Å². The highest BCUT2D eigenvalue weighted by Crippen LogP contribution is 2.17. The van der Waals surface area contributed by atoms with Crippen molar-refractivity contribution < 1.29 is 18.7 Å². The molecular weight excluding hydrogens is 359 g/mol. The molecule has 3 rings (SSSR count). The van der Waals surface area contributed by atoms with Crippen LogP contribution >= 0.6 is 0 Å². The molecule has 2 aromatic carbocycles. The summed E-state index contributed by atoms with van der Waals surface area (Å²) >= 11 is 0. The highest BCUT2D eigenvalue weighted by atomic mass is 19.1. The second-order valence-corrected chi connectivity index (χ2v) is 7.03. The number of halogens is 1. The molecule has 0 radical (unpaired) electrons. The molecule has 5 nitrogen and oxygen atoms in total. The third-order valence-electron chi connectivity index (χ3n) is 4.79. The molecule has 6 heteroatoms. The number of hydrogen-bond donors (Lipinski definition) is 2. The number of nitrogens with one attached hydrogen (secondary N) is 2. The van der Waals surface area contributed by atoms with E-state index >= 15 is 0 Å². The van der Waals surface area contributed by atoms with Crippen LogP contribution in [0.25, 0.3) is 0 Å². The van der Waals surface area contributed by atoms with Crippen molar-refractivity contribution in [3.63, 3.8) is 0 Å². The van der Waals surface area contributed by atoms with Gasteiger partial charge in [-0.2, -0.15) is 0 Å². The molecule has 148 valence electrons. The Morgan fingerprint density at radius 3 is 2.54 bits per heavy atom. The van der Waals surface area contributed by atoms with E-state index in [0.29, 0.717) is 11.3 Å². The van der Waals surface area contributed by atoms with Crippen molar-refractivity contribution in [2.75, 3.05) is 6.54 Å². The molecule has 0 spiro atoms. The monoisotopic (exact) mass is 384 g/mol. The fraction of sp³-hybridized carbons (Fsp3) is 0.364. The average molecular weight is 384 g/mol. The Hall–Kier alpha value is -2.89. The molecule has 1 fully saturated rings. The summed E-state index contributed by atoms with van der Waals surface area (Å²) < 4.78 is 18.6. The number of benzene rings is 2. The molecule has 0 aliphatic heterocycles. The van der Waals surface area contributed by atoms with Crippen LogP contribution in [0, 0.1) is 5.82 Å². The van der Waals surface area contributed by atoms with E-state index in [0.717, 1.165) is 31.2 Å². The van der Waals surface area contributed by atoms with E-state index in [4.69, 9.17) is 4.74 Å². The minimum Gasteiger partial charge on any atom is -0.489 e. The lowest BCUT2D eigenvalue weighted by atomic mass is 9.95. The Morgan fingerprint density at radius 2 is 1.79 bits per heavy atom. The molecule has 0 bridgehead atoms. The summed E-state index contributed by atoms with van der Waals surface area (Å²) in [5, 5.41) is 5.62. The van der Waals surface area contributed by atoms with Crippen LogP contribution in [0.1, 0.15) is 48.0 Å². The minimum absolute atomic E-state index is 0.0456. The van der Waals surface area contributed by atoms with E-state index in [-0.39, 0.29) is 36.8 Å². The first kappa shape index (κ1) is 19.9. The Balaban J connectivity index is 1.47. The van der Waals surface area contributed by atoms with Crippen molar-refractivity contribution in [2.45, 2.75) is 44.8 Å². The predicted molar refractivity (Wildman–Crippen MR) is 105 cm³/mol. The molecule has 0 unspecified atom stereocenters. The van der Waals surface area contributed by atoms with Gasteiger partial charge in [0.2, 0.25) is 5.91 Å². The van der Waals surface area contributed by atoms with Gasteiger partial charge in [0, 0.05) is 11.6 Å². The molecule has 1 saturated carbocycles. The third-order valence-corrected chi connectivity index (χ3v) is 4.79. The van der Waals surface area contributed by atoms with Crippen LogP contribution in [0.4, 0.5) is 4.39 Å². The number of amides is 2. The number of carbonyl (C=O) groups is 2. The summed E-state index contributed by atoms with van der Waals surface area (Å²) in [6.07, 6.45) is 5.52. The van der Waals surface area contributed by atoms with E-state index < -0.39 is 0 Å². The van der Waals surface area contributed by atoms with Crippen molar-refractivity contribution in [3.8, 4) is 5.75 Å². The van der Waals surface area contributed by atoms with E-state index in [9.17, 15) is 14.0 Å². The molecule has 0 aromatic heterocycles. The van der Waals surface area contributed by atoms with Crippen LogP contribution in [0.2, 0.25) is 0 Å². The van der Waals surface area contributed by atoms with Crippen LogP contribution in [-0.2, 0) is 11.4 Å². The fourth-order valence-electron chi connectivity index (χ4n) is 3.26. The zero-order chi connectivity index (χ0) is 19.8. The maximum Gasteiger partial charge on any atom is 0.251 e. The summed E-state index contributed by atoms with van der Waals surface area (Å²) in [5.41, 5.74) is 1.25. The molecule has 0 saturated heterocycles. The van der Waals surface area contributed by atoms with Crippen molar-refractivity contribution in [2.24, 2.45) is 0 Å². The van der Waals surface area contributed by atoms with Crippen LogP contribution in [0.15, 0.2) is 48.5 Å². The van der Waals surface area contributed by atoms with Gasteiger partial charge in [-0.05, 0) is 48.7 Å². The number of ether oxygens (including phenoxy) is 1. The van der Waals surface area contributed by atoms with Crippen molar-refractivity contribution in [1.29, 1.82) is 0 Å². The van der Waals surface area contributed by atoms with Crippen LogP contribution < -0.4 is 15.4 Å². The Bertz CT molecular complexity index is 802. The molecule has 2 aromatic rings. The van der Waals surface area contributed by atoms with Gasteiger partial charge in [0.05, 0.1) is 6.54 Å². The first-order valence-corrected chi connectivity index (χ1v) is 9.65. The van der Waals surface area contributed by atoms with Gasteiger partial charge < -0.3 is 15.4 Å². The van der Waals surface area contributed by atoms with Gasteiger partial charge in [-0.3, -0.25) is 9.59 Å². The van der Waals surface area contributed by atoms with E-state index in [1.165, 1.54) is 18.6 Å². The summed E-state index contributed by atoms with van der Waals surface area (Å²) in [7, 11) is 0. The fourth-order valence-corrected chi connectivity index (χ4v) is 3.26. The lowest BCUT2D eigenvalue weighted by Crippen LogP contribution is -2.42. The highest BCUT2D eigenvalue weighted by Gasteiger charge is 2.16. The molecule has 0 heterocycles. The quantitative estimate of drug-likeness (QED) is 0.767. The summed E-state index contributed by atoms with van der Waals surface area (Å²) in [6.45, 7) is 0.227. The summed E-state index contributed by atoms with van der Waals surface area (Å²) in [5.74, 6) is -0.256. The Labute approximate surface area is 164 Å². The third kappa shape index (κ3) is 6.08. The SMILES string of the molecule is O=C(CNC(=O)c1cccc(OCc2ccc(F)cc2)c1)NC1CCCCC1. The smallest absolute Gasteiger partial charge is 0.251 e. The summed E-state index contributed by atoms with van der Waals surface area (Å²) in [6, 6.07) is 13.0. The maximum absolute atomic E-state index is 12.9. The molecule has 0 atom stereocenters. The van der Waals surface area contributed by atoms with Crippen molar-refractivity contribution in [3.05, 3.63) is 65.5 Å². The number of carbonyl (C=O) groups excluding carboxylic acids is 2. The topological polar surface area (TPSA) is 67.4 Å². The number of rotatable bonds is 7. The molecule has 1 aliphatic rings. The van der Waals surface area contributed by atoms with Crippen molar-refractivity contribution >= 4 is 11.8 Å². The predicted octanol–water partition coefficient (Wildman–Crippen LogP) is 3.58.